The normalized spacial score (nSPS) is 18.6. The van der Waals surface area contributed by atoms with Crippen LogP contribution < -0.4 is 5.73 Å². The van der Waals surface area contributed by atoms with Gasteiger partial charge in [-0.15, -0.1) is 0 Å². The molecule has 0 spiro atoms. The molecule has 3 aromatic heterocycles. The van der Waals surface area contributed by atoms with Gasteiger partial charge in [0, 0.05) is 37.8 Å². The van der Waals surface area contributed by atoms with Gasteiger partial charge in [0.15, 0.2) is 5.82 Å². The van der Waals surface area contributed by atoms with Gasteiger partial charge in [0.1, 0.15) is 6.54 Å². The molecule has 0 bridgehead atoms. The first kappa shape index (κ1) is 24.2. The number of carbonyl (C=O) groups excluding carboxylic acids is 1. The molecule has 0 radical (unpaired) electrons. The number of hydrogen-bond donors (Lipinski definition) is 1. The van der Waals surface area contributed by atoms with E-state index in [4.69, 9.17) is 20.0 Å². The summed E-state index contributed by atoms with van der Waals surface area (Å²) in [6.07, 6.45) is 11.8. The number of hydrogen-bond acceptors (Lipinski definition) is 9. The fraction of sp³-hybridized carbons (Fsp3) is 0.407. The Balaban J connectivity index is 1.17. The van der Waals surface area contributed by atoms with Crippen LogP contribution in [0.15, 0.2) is 53.6 Å². The molecule has 1 saturated carbocycles. The van der Waals surface area contributed by atoms with Crippen LogP contribution in [-0.2, 0) is 21.5 Å². The van der Waals surface area contributed by atoms with Gasteiger partial charge in [0.2, 0.25) is 11.9 Å². The van der Waals surface area contributed by atoms with Crippen molar-refractivity contribution in [3.05, 3.63) is 60.4 Å². The van der Waals surface area contributed by atoms with E-state index in [0.717, 1.165) is 55.4 Å². The second-order valence-corrected chi connectivity index (χ2v) is 10.1. The maximum absolute atomic E-state index is 12.8. The third-order valence-corrected chi connectivity index (χ3v) is 7.76. The molecular weight excluding hydrogens is 484 g/mol. The van der Waals surface area contributed by atoms with Crippen molar-refractivity contribution in [3.63, 3.8) is 0 Å². The molecule has 1 saturated heterocycles. The summed E-state index contributed by atoms with van der Waals surface area (Å²) in [6.45, 7) is 1.49. The molecular formula is C27H30N8O3. The summed E-state index contributed by atoms with van der Waals surface area (Å²) < 4.78 is 12.8. The Morgan fingerprint density at radius 3 is 2.58 bits per heavy atom. The summed E-state index contributed by atoms with van der Waals surface area (Å²) in [7, 11) is 1.82. The van der Waals surface area contributed by atoms with Crippen molar-refractivity contribution in [2.24, 2.45) is 0 Å². The van der Waals surface area contributed by atoms with E-state index >= 15 is 0 Å². The number of carbonyl (C=O) groups is 1. The SMILES string of the molecule is CN(C(=O)Cn1cc(-c2nc(C3(c4ccc(-c5cnc(N)nc5)cc4)CCC3)no2)cn1)C1CCCOC1. The molecule has 4 aromatic rings. The number of nitrogen functional groups attached to an aromatic ring is 1. The number of nitrogens with two attached hydrogens (primary N) is 1. The minimum absolute atomic E-state index is 0.0104. The van der Waals surface area contributed by atoms with E-state index in [0.29, 0.717) is 23.9 Å². The van der Waals surface area contributed by atoms with Crippen molar-refractivity contribution in [3.8, 4) is 22.6 Å². The largest absolute Gasteiger partial charge is 0.379 e. The van der Waals surface area contributed by atoms with Gasteiger partial charge >= 0.3 is 0 Å². The number of rotatable bonds is 7. The number of aromatic nitrogens is 6. The average Bonchev–Trinajstić information content (AvgIpc) is 3.59. The molecule has 1 unspecified atom stereocenters. The molecule has 2 N–H and O–H groups in total. The molecule has 1 atom stereocenters. The number of ether oxygens (including phenoxy) is 1. The Labute approximate surface area is 220 Å². The maximum Gasteiger partial charge on any atom is 0.261 e. The Morgan fingerprint density at radius 2 is 1.89 bits per heavy atom. The van der Waals surface area contributed by atoms with Crippen LogP contribution >= 0.6 is 0 Å². The first-order valence-electron chi connectivity index (χ1n) is 12.9. The summed E-state index contributed by atoms with van der Waals surface area (Å²) >= 11 is 0. The molecule has 1 amide bonds. The quantitative estimate of drug-likeness (QED) is 0.394. The van der Waals surface area contributed by atoms with E-state index < -0.39 is 0 Å². The van der Waals surface area contributed by atoms with Crippen LogP contribution in [0.2, 0.25) is 0 Å². The highest BCUT2D eigenvalue weighted by atomic mass is 16.5. The Kier molecular flexibility index (Phi) is 6.36. The minimum atomic E-state index is -0.283. The lowest BCUT2D eigenvalue weighted by atomic mass is 9.64. The number of likely N-dealkylation sites (N-methyl/N-ethyl adjacent to an activating group) is 1. The summed E-state index contributed by atoms with van der Waals surface area (Å²) in [5.74, 6) is 1.31. The van der Waals surface area contributed by atoms with E-state index in [9.17, 15) is 4.79 Å². The zero-order chi connectivity index (χ0) is 26.1. The molecule has 11 heteroatoms. The molecule has 2 fully saturated rings. The van der Waals surface area contributed by atoms with E-state index in [1.807, 2.05) is 7.05 Å². The Bertz CT molecular complexity index is 1400. The van der Waals surface area contributed by atoms with Crippen LogP contribution in [0.3, 0.4) is 0 Å². The maximum atomic E-state index is 12.8. The summed E-state index contributed by atoms with van der Waals surface area (Å²) in [5, 5.41) is 8.73. The minimum Gasteiger partial charge on any atom is -0.379 e. The molecule has 196 valence electrons. The highest BCUT2D eigenvalue weighted by Gasteiger charge is 2.44. The van der Waals surface area contributed by atoms with Gasteiger partial charge in [0.05, 0.1) is 29.8 Å². The van der Waals surface area contributed by atoms with E-state index in [-0.39, 0.29) is 29.9 Å². The summed E-state index contributed by atoms with van der Waals surface area (Å²) in [4.78, 5) is 27.5. The zero-order valence-corrected chi connectivity index (χ0v) is 21.3. The molecule has 11 nitrogen and oxygen atoms in total. The molecule has 2 aliphatic rings. The molecule has 38 heavy (non-hydrogen) atoms. The number of nitrogens with zero attached hydrogens (tertiary/aromatic N) is 7. The second-order valence-electron chi connectivity index (χ2n) is 10.1. The average molecular weight is 515 g/mol. The van der Waals surface area contributed by atoms with Crippen LogP contribution in [0.25, 0.3) is 22.6 Å². The molecule has 4 heterocycles. The highest BCUT2D eigenvalue weighted by molar-refractivity contribution is 5.76. The van der Waals surface area contributed by atoms with Crippen LogP contribution in [0.5, 0.6) is 0 Å². The van der Waals surface area contributed by atoms with Gasteiger partial charge in [0.25, 0.3) is 5.89 Å². The molecule has 6 rings (SSSR count). The van der Waals surface area contributed by atoms with Crippen LogP contribution in [-0.4, -0.2) is 67.0 Å². The van der Waals surface area contributed by atoms with Crippen LogP contribution in [0.1, 0.15) is 43.5 Å². The lowest BCUT2D eigenvalue weighted by Gasteiger charge is -2.39. The van der Waals surface area contributed by atoms with Crippen molar-refractivity contribution in [2.75, 3.05) is 26.0 Å². The van der Waals surface area contributed by atoms with Gasteiger partial charge in [-0.3, -0.25) is 9.48 Å². The highest BCUT2D eigenvalue weighted by Crippen LogP contribution is 2.48. The lowest BCUT2D eigenvalue weighted by Crippen LogP contribution is -2.43. The third kappa shape index (κ3) is 4.53. The standard InChI is InChI=1S/C27H30N8O3/c1-34(22-4-2-11-37-17-22)23(36)16-35-15-20(14-31-35)24-32-25(33-38-24)27(9-3-10-27)21-7-5-18(6-8-21)19-12-29-26(28)30-13-19/h5-8,12-15,22H,2-4,9-11,16-17H2,1H3,(H2,28,29,30). The van der Waals surface area contributed by atoms with Gasteiger partial charge in [-0.05, 0) is 36.8 Å². The van der Waals surface area contributed by atoms with Crippen molar-refractivity contribution in [1.29, 1.82) is 0 Å². The van der Waals surface area contributed by atoms with Gasteiger partial charge in [-0.25, -0.2) is 9.97 Å². The van der Waals surface area contributed by atoms with Gasteiger partial charge in [-0.2, -0.15) is 10.1 Å². The smallest absolute Gasteiger partial charge is 0.261 e. The third-order valence-electron chi connectivity index (χ3n) is 7.76. The van der Waals surface area contributed by atoms with Crippen LogP contribution in [0.4, 0.5) is 5.95 Å². The number of anilines is 1. The molecule has 1 aliphatic heterocycles. The number of amides is 1. The van der Waals surface area contributed by atoms with Crippen molar-refractivity contribution in [2.45, 2.75) is 50.1 Å². The fourth-order valence-electron chi connectivity index (χ4n) is 5.22. The first-order chi connectivity index (χ1) is 18.5. The summed E-state index contributed by atoms with van der Waals surface area (Å²) in [6, 6.07) is 8.44. The van der Waals surface area contributed by atoms with Crippen molar-refractivity contribution < 1.29 is 14.1 Å². The molecule has 1 aromatic carbocycles. The van der Waals surface area contributed by atoms with Crippen molar-refractivity contribution in [1.82, 2.24) is 34.8 Å². The predicted octanol–water partition coefficient (Wildman–Crippen LogP) is 3.08. The van der Waals surface area contributed by atoms with Gasteiger partial charge in [-0.1, -0.05) is 35.8 Å². The predicted molar refractivity (Wildman–Crippen MR) is 139 cm³/mol. The Hall–Kier alpha value is -4.12. The fourth-order valence-corrected chi connectivity index (χ4v) is 5.22. The first-order valence-corrected chi connectivity index (χ1v) is 12.9. The molecule has 1 aliphatic carbocycles. The van der Waals surface area contributed by atoms with E-state index in [1.54, 1.807) is 34.4 Å². The van der Waals surface area contributed by atoms with Crippen LogP contribution in [0, 0.1) is 0 Å². The number of benzene rings is 1. The lowest BCUT2D eigenvalue weighted by molar-refractivity contribution is -0.135. The topological polar surface area (TPSA) is 138 Å². The van der Waals surface area contributed by atoms with Gasteiger partial charge < -0.3 is 19.9 Å². The zero-order valence-electron chi connectivity index (χ0n) is 21.3. The summed E-state index contributed by atoms with van der Waals surface area (Å²) in [5.41, 5.74) is 9.08. The van der Waals surface area contributed by atoms with Crippen molar-refractivity contribution >= 4 is 11.9 Å². The second kappa shape index (κ2) is 9.97. The van der Waals surface area contributed by atoms with E-state index in [2.05, 4.69) is 44.5 Å². The monoisotopic (exact) mass is 514 g/mol. The van der Waals surface area contributed by atoms with E-state index in [1.165, 1.54) is 0 Å². The Morgan fingerprint density at radius 1 is 1.11 bits per heavy atom.